The third-order valence-electron chi connectivity index (χ3n) is 2.14. The van der Waals surface area contributed by atoms with E-state index in [1.807, 2.05) is 6.08 Å². The fourth-order valence-corrected chi connectivity index (χ4v) is 15.9. The van der Waals surface area contributed by atoms with E-state index in [1.165, 1.54) is 6.92 Å². The standard InChI is InChI=1S/C12H32O3Si4.C4H6O2/c1-11-12-19(13-16(2,3)4,14-17(5,6)7)15-18(8,9)10;1-3(2)4(5)6/h11H,1,12H2,2-10H3;1H2,2H3,(H,5,6). The highest BCUT2D eigenvalue weighted by Gasteiger charge is 2.48. The summed E-state index contributed by atoms with van der Waals surface area (Å²) in [6, 6.07) is 0.714. The molecule has 0 spiro atoms. The minimum atomic E-state index is -2.63. The van der Waals surface area contributed by atoms with Gasteiger partial charge in [-0.2, -0.15) is 0 Å². The van der Waals surface area contributed by atoms with E-state index in [4.69, 9.17) is 17.5 Å². The lowest BCUT2D eigenvalue weighted by molar-refractivity contribution is -0.132. The van der Waals surface area contributed by atoms with Gasteiger partial charge in [0, 0.05) is 11.6 Å². The average Bonchev–Trinajstić information content (AvgIpc) is 2.21. The van der Waals surface area contributed by atoms with Crippen molar-refractivity contribution >= 4 is 39.7 Å². The number of carboxylic acids is 1. The Morgan fingerprint density at radius 1 is 0.880 bits per heavy atom. The van der Waals surface area contributed by atoms with Crippen LogP contribution in [-0.4, -0.2) is 44.8 Å². The molecule has 1 N–H and O–H groups in total. The quantitative estimate of drug-likeness (QED) is 0.310. The van der Waals surface area contributed by atoms with Crippen LogP contribution in [0.2, 0.25) is 65.0 Å². The van der Waals surface area contributed by atoms with Crippen molar-refractivity contribution in [2.24, 2.45) is 0 Å². The molecule has 0 rings (SSSR count). The van der Waals surface area contributed by atoms with E-state index in [9.17, 15) is 4.79 Å². The molecule has 0 radical (unpaired) electrons. The topological polar surface area (TPSA) is 65.0 Å². The molecule has 0 saturated carbocycles. The molecule has 0 aliphatic heterocycles. The minimum absolute atomic E-state index is 0.176. The zero-order valence-corrected chi connectivity index (χ0v) is 21.8. The predicted octanol–water partition coefficient (Wildman–Crippen LogP) is 5.31. The summed E-state index contributed by atoms with van der Waals surface area (Å²) < 4.78 is 19.3. The van der Waals surface area contributed by atoms with Gasteiger partial charge in [-0.15, -0.1) is 6.58 Å². The van der Waals surface area contributed by atoms with Crippen LogP contribution in [0.1, 0.15) is 6.92 Å². The highest BCUT2D eigenvalue weighted by Crippen LogP contribution is 2.28. The van der Waals surface area contributed by atoms with E-state index in [0.29, 0.717) is 6.04 Å². The molecule has 0 aliphatic carbocycles. The minimum Gasteiger partial charge on any atom is -0.478 e. The highest BCUT2D eigenvalue weighted by atomic mass is 28.5. The Bertz CT molecular complexity index is 406. The number of rotatable bonds is 9. The third kappa shape index (κ3) is 16.9. The molecule has 0 aromatic heterocycles. The Balaban J connectivity index is 0. The molecule has 0 aliphatic rings. The molecular weight excluding hydrogens is 385 g/mol. The Labute approximate surface area is 158 Å². The van der Waals surface area contributed by atoms with Crippen molar-refractivity contribution in [3.8, 4) is 0 Å². The summed E-state index contributed by atoms with van der Waals surface area (Å²) in [4.78, 5) is 9.60. The predicted molar refractivity (Wildman–Crippen MR) is 117 cm³/mol. The van der Waals surface area contributed by atoms with Crippen molar-refractivity contribution in [3.63, 3.8) is 0 Å². The van der Waals surface area contributed by atoms with E-state index in [0.717, 1.165) is 0 Å². The molecule has 25 heavy (non-hydrogen) atoms. The summed E-state index contributed by atoms with van der Waals surface area (Å²) in [5, 5.41) is 7.89. The van der Waals surface area contributed by atoms with Crippen molar-refractivity contribution in [3.05, 3.63) is 24.8 Å². The molecule has 0 atom stereocenters. The van der Waals surface area contributed by atoms with Crippen molar-refractivity contribution < 1.29 is 22.2 Å². The monoisotopic (exact) mass is 422 g/mol. The Kier molecular flexibility index (Phi) is 10.9. The summed E-state index contributed by atoms with van der Waals surface area (Å²) in [7, 11) is -7.80. The molecule has 5 nitrogen and oxygen atoms in total. The lowest BCUT2D eigenvalue weighted by atomic mass is 10.4. The number of allylic oxidation sites excluding steroid dienone is 1. The number of carbonyl (C=O) groups is 1. The van der Waals surface area contributed by atoms with Crippen LogP contribution in [0.25, 0.3) is 0 Å². The smallest absolute Gasteiger partial charge is 0.473 e. The highest BCUT2D eigenvalue weighted by molar-refractivity contribution is 6.90. The van der Waals surface area contributed by atoms with Gasteiger partial charge < -0.3 is 17.5 Å². The lowest BCUT2D eigenvalue weighted by Crippen LogP contribution is -2.60. The Morgan fingerprint density at radius 3 is 1.24 bits per heavy atom. The molecule has 0 amide bonds. The molecule has 0 fully saturated rings. The SMILES string of the molecule is C=C(C)C(=O)O.C=CC[Si](O[Si](C)(C)C)(O[Si](C)(C)C)O[Si](C)(C)C. The third-order valence-corrected chi connectivity index (χ3v) is 14.0. The lowest BCUT2D eigenvalue weighted by Gasteiger charge is -2.42. The van der Waals surface area contributed by atoms with E-state index in [2.05, 4.69) is 72.1 Å². The summed E-state index contributed by atoms with van der Waals surface area (Å²) >= 11 is 0. The van der Waals surface area contributed by atoms with Crippen LogP contribution >= 0.6 is 0 Å². The first-order chi connectivity index (χ1) is 10.8. The number of hydrogen-bond donors (Lipinski definition) is 1. The van der Waals surface area contributed by atoms with Gasteiger partial charge in [0.15, 0.2) is 25.0 Å². The zero-order chi connectivity index (χ0) is 20.7. The average molecular weight is 423 g/mol. The van der Waals surface area contributed by atoms with Crippen molar-refractivity contribution in [2.75, 3.05) is 0 Å². The van der Waals surface area contributed by atoms with Gasteiger partial charge in [-0.25, -0.2) is 4.79 Å². The molecule has 0 saturated heterocycles. The molecular formula is C16H38O5Si4. The second-order valence-electron chi connectivity index (χ2n) is 8.90. The molecule has 0 bridgehead atoms. The van der Waals surface area contributed by atoms with Crippen LogP contribution in [0.4, 0.5) is 0 Å². The largest absolute Gasteiger partial charge is 0.478 e. The molecule has 148 valence electrons. The van der Waals surface area contributed by atoms with Crippen LogP contribution in [0.15, 0.2) is 24.8 Å². The summed E-state index contributed by atoms with van der Waals surface area (Å²) in [5.41, 5.74) is 0.176. The maximum Gasteiger partial charge on any atom is 0.473 e. The van der Waals surface area contributed by atoms with E-state index < -0.39 is 39.7 Å². The van der Waals surface area contributed by atoms with Crippen molar-refractivity contribution in [1.82, 2.24) is 0 Å². The van der Waals surface area contributed by atoms with Gasteiger partial charge >= 0.3 is 14.8 Å². The second-order valence-corrected chi connectivity index (χ2v) is 25.8. The summed E-state index contributed by atoms with van der Waals surface area (Å²) in [6.45, 7) is 28.2. The maximum absolute atomic E-state index is 9.60. The Morgan fingerprint density at radius 2 is 1.12 bits per heavy atom. The van der Waals surface area contributed by atoms with Gasteiger partial charge in [0.25, 0.3) is 0 Å². The van der Waals surface area contributed by atoms with Crippen molar-refractivity contribution in [2.45, 2.75) is 71.9 Å². The first kappa shape index (κ1) is 26.9. The second kappa shape index (κ2) is 10.1. The van der Waals surface area contributed by atoms with E-state index in [1.54, 1.807) is 0 Å². The normalized spacial score (nSPS) is 12.9. The van der Waals surface area contributed by atoms with Crippen LogP contribution in [-0.2, 0) is 17.1 Å². The maximum atomic E-state index is 9.60. The van der Waals surface area contributed by atoms with E-state index >= 15 is 0 Å². The first-order valence-electron chi connectivity index (χ1n) is 8.43. The number of hydrogen-bond acceptors (Lipinski definition) is 4. The summed E-state index contributed by atoms with van der Waals surface area (Å²) in [5.74, 6) is -0.935. The molecule has 0 aromatic rings. The first-order valence-corrected chi connectivity index (χ1v) is 20.6. The van der Waals surface area contributed by atoms with Gasteiger partial charge in [0.05, 0.1) is 0 Å². The van der Waals surface area contributed by atoms with Gasteiger partial charge in [0.2, 0.25) is 0 Å². The van der Waals surface area contributed by atoms with Gasteiger partial charge in [-0.3, -0.25) is 0 Å². The Hall–Kier alpha value is -0.302. The fraction of sp³-hybridized carbons (Fsp3) is 0.688. The molecule has 9 heteroatoms. The number of aliphatic carboxylic acids is 1. The number of carboxylic acid groups (broad SMARTS) is 1. The van der Waals surface area contributed by atoms with Gasteiger partial charge in [-0.05, 0) is 65.8 Å². The molecule has 0 heterocycles. The van der Waals surface area contributed by atoms with Gasteiger partial charge in [0.1, 0.15) is 0 Å². The molecule has 0 unspecified atom stereocenters. The van der Waals surface area contributed by atoms with Crippen LogP contribution in [0, 0.1) is 0 Å². The van der Waals surface area contributed by atoms with Crippen LogP contribution in [0.3, 0.4) is 0 Å². The van der Waals surface area contributed by atoms with Gasteiger partial charge in [-0.1, -0.05) is 12.7 Å². The van der Waals surface area contributed by atoms with Crippen LogP contribution in [0.5, 0.6) is 0 Å². The van der Waals surface area contributed by atoms with Crippen molar-refractivity contribution in [1.29, 1.82) is 0 Å². The fourth-order valence-electron chi connectivity index (χ4n) is 1.76. The van der Waals surface area contributed by atoms with E-state index in [-0.39, 0.29) is 5.57 Å². The zero-order valence-electron chi connectivity index (χ0n) is 17.8. The summed E-state index contributed by atoms with van der Waals surface area (Å²) in [6.07, 6.45) is 1.90. The van der Waals surface area contributed by atoms with Crippen LogP contribution < -0.4 is 0 Å². The molecule has 0 aromatic carbocycles.